The minimum atomic E-state index is -3.26. The third-order valence-electron chi connectivity index (χ3n) is 8.58. The maximum Gasteiger partial charge on any atom is 0.232 e. The van der Waals surface area contributed by atoms with E-state index in [2.05, 4.69) is 0 Å². The fourth-order valence-corrected chi connectivity index (χ4v) is 7.27. The Bertz CT molecular complexity index is 1580. The zero-order valence-electron chi connectivity index (χ0n) is 25.2. The predicted molar refractivity (Wildman–Crippen MR) is 168 cm³/mol. The summed E-state index contributed by atoms with van der Waals surface area (Å²) in [7, 11) is -1.66. The number of methoxy groups -OCH3 is 1. The molecule has 3 aromatic carbocycles. The van der Waals surface area contributed by atoms with Crippen molar-refractivity contribution in [3.8, 4) is 11.5 Å². The fraction of sp³-hybridized carbons (Fsp3) is 0.424. The fourth-order valence-electron chi connectivity index (χ4n) is 6.27. The van der Waals surface area contributed by atoms with E-state index < -0.39 is 21.7 Å². The molecule has 1 amide bonds. The molecule has 2 aliphatic heterocycles. The molecule has 0 radical (unpaired) electrons. The molecule has 0 aliphatic carbocycles. The second-order valence-corrected chi connectivity index (χ2v) is 14.3. The van der Waals surface area contributed by atoms with Crippen LogP contribution in [-0.2, 0) is 26.8 Å². The van der Waals surface area contributed by atoms with Crippen LogP contribution in [0.1, 0.15) is 61.9 Å². The molecule has 0 spiro atoms. The summed E-state index contributed by atoms with van der Waals surface area (Å²) in [6.45, 7) is 6.46. The molecule has 0 bridgehead atoms. The Morgan fingerprint density at radius 1 is 1.00 bits per heavy atom. The van der Waals surface area contributed by atoms with E-state index in [1.807, 2.05) is 74.5 Å². The number of rotatable bonds is 8. The lowest BCUT2D eigenvalue weighted by Gasteiger charge is -2.40. The molecule has 0 saturated carbocycles. The molecule has 2 atom stereocenters. The van der Waals surface area contributed by atoms with Crippen molar-refractivity contribution < 1.29 is 27.8 Å². The molecule has 1 N–H and O–H groups in total. The highest BCUT2D eigenvalue weighted by atomic mass is 35.5. The normalized spacial score (nSPS) is 19.7. The Kier molecular flexibility index (Phi) is 8.82. The Hall–Kier alpha value is -3.11. The van der Waals surface area contributed by atoms with Crippen LogP contribution in [0.3, 0.4) is 0 Å². The number of piperidine rings is 1. The number of ether oxygens (including phenoxy) is 2. The number of hydrogen-bond donors (Lipinski definition) is 1. The van der Waals surface area contributed by atoms with Crippen LogP contribution in [-0.4, -0.2) is 56.3 Å². The van der Waals surface area contributed by atoms with Crippen molar-refractivity contribution in [1.82, 2.24) is 4.31 Å². The van der Waals surface area contributed by atoms with Crippen LogP contribution >= 0.6 is 11.6 Å². The van der Waals surface area contributed by atoms with Crippen molar-refractivity contribution in [2.24, 2.45) is 5.92 Å². The van der Waals surface area contributed by atoms with E-state index in [-0.39, 0.29) is 24.3 Å². The van der Waals surface area contributed by atoms with E-state index >= 15 is 0 Å². The van der Waals surface area contributed by atoms with Crippen molar-refractivity contribution in [2.75, 3.05) is 31.4 Å². The van der Waals surface area contributed by atoms with Gasteiger partial charge >= 0.3 is 0 Å². The number of amides is 1. The number of aliphatic hydroxyl groups is 1. The molecule has 2 heterocycles. The SMILES string of the molecule is COc1cc2c(cc1OC(C)C)C(c1ccc(Cl)cc1)N(c1ccc(C(C)(O)C3CCN(S(C)(=O)=O)CC3)cc1)C(=O)C2. The minimum Gasteiger partial charge on any atom is -0.493 e. The third-order valence-corrected chi connectivity index (χ3v) is 10.1. The van der Waals surface area contributed by atoms with Crippen LogP contribution < -0.4 is 14.4 Å². The number of carbonyl (C=O) groups excluding carboxylic acids is 1. The number of sulfonamides is 1. The molecule has 2 unspecified atom stereocenters. The maximum atomic E-state index is 13.8. The quantitative estimate of drug-likeness (QED) is 0.345. The van der Waals surface area contributed by atoms with Crippen molar-refractivity contribution in [2.45, 2.75) is 57.8 Å². The van der Waals surface area contributed by atoms with Crippen LogP contribution in [0.5, 0.6) is 11.5 Å². The van der Waals surface area contributed by atoms with E-state index in [4.69, 9.17) is 21.1 Å². The van der Waals surface area contributed by atoms with Gasteiger partial charge < -0.3 is 19.5 Å². The van der Waals surface area contributed by atoms with E-state index in [1.54, 1.807) is 18.9 Å². The van der Waals surface area contributed by atoms with E-state index in [0.717, 1.165) is 22.3 Å². The summed E-state index contributed by atoms with van der Waals surface area (Å²) < 4.78 is 37.1. The van der Waals surface area contributed by atoms with Gasteiger partial charge in [0.2, 0.25) is 15.9 Å². The predicted octanol–water partition coefficient (Wildman–Crippen LogP) is 5.69. The largest absolute Gasteiger partial charge is 0.493 e. The molecule has 43 heavy (non-hydrogen) atoms. The van der Waals surface area contributed by atoms with Gasteiger partial charge in [0.05, 0.1) is 37.5 Å². The smallest absolute Gasteiger partial charge is 0.232 e. The van der Waals surface area contributed by atoms with Gasteiger partial charge in [-0.05, 0) is 98.2 Å². The first-order valence-corrected chi connectivity index (χ1v) is 16.7. The average Bonchev–Trinajstić information content (AvgIpc) is 2.96. The minimum absolute atomic E-state index is 0.0683. The van der Waals surface area contributed by atoms with Crippen LogP contribution in [0.15, 0.2) is 60.7 Å². The van der Waals surface area contributed by atoms with E-state index in [9.17, 15) is 18.3 Å². The highest BCUT2D eigenvalue weighted by molar-refractivity contribution is 7.88. The number of anilines is 1. The number of halogens is 1. The third kappa shape index (κ3) is 6.41. The second-order valence-electron chi connectivity index (χ2n) is 11.9. The summed E-state index contributed by atoms with van der Waals surface area (Å²) in [6.07, 6.45) is 2.46. The summed E-state index contributed by atoms with van der Waals surface area (Å²) in [5.74, 6) is 1.02. The lowest BCUT2D eigenvalue weighted by molar-refractivity contribution is -0.118. The Labute approximate surface area is 259 Å². The Balaban J connectivity index is 1.51. The molecular formula is C33H39ClN2O6S. The van der Waals surface area contributed by atoms with Gasteiger partial charge in [0.15, 0.2) is 11.5 Å². The number of hydrogen-bond acceptors (Lipinski definition) is 6. The zero-order valence-corrected chi connectivity index (χ0v) is 26.8. The van der Waals surface area contributed by atoms with Gasteiger partial charge in [-0.2, -0.15) is 0 Å². The van der Waals surface area contributed by atoms with Crippen molar-refractivity contribution in [3.63, 3.8) is 0 Å². The lowest BCUT2D eigenvalue weighted by atomic mass is 9.77. The highest BCUT2D eigenvalue weighted by Gasteiger charge is 2.39. The average molecular weight is 627 g/mol. The van der Waals surface area contributed by atoms with Gasteiger partial charge in [0.1, 0.15) is 0 Å². The molecule has 1 fully saturated rings. The second kappa shape index (κ2) is 12.1. The van der Waals surface area contributed by atoms with Gasteiger partial charge in [-0.3, -0.25) is 4.79 Å². The molecule has 3 aromatic rings. The van der Waals surface area contributed by atoms with Crippen LogP contribution in [0.25, 0.3) is 0 Å². The molecule has 8 nitrogen and oxygen atoms in total. The first kappa shape index (κ1) is 31.3. The summed E-state index contributed by atoms with van der Waals surface area (Å²) in [6, 6.07) is 18.4. The van der Waals surface area contributed by atoms with Gasteiger partial charge in [-0.1, -0.05) is 35.9 Å². The van der Waals surface area contributed by atoms with E-state index in [1.165, 1.54) is 10.6 Å². The Morgan fingerprint density at radius 3 is 2.19 bits per heavy atom. The number of fused-ring (bicyclic) bond motifs is 1. The molecule has 0 aromatic heterocycles. The molecule has 2 aliphatic rings. The first-order valence-electron chi connectivity index (χ1n) is 14.5. The van der Waals surface area contributed by atoms with Gasteiger partial charge in [0, 0.05) is 23.8 Å². The first-order chi connectivity index (χ1) is 20.3. The van der Waals surface area contributed by atoms with Crippen molar-refractivity contribution in [1.29, 1.82) is 0 Å². The summed E-state index contributed by atoms with van der Waals surface area (Å²) in [5.41, 5.74) is 2.97. The number of carbonyl (C=O) groups is 1. The standard InChI is InChI=1S/C33H39ClN2O6S/c1-21(2)42-30-20-28-23(18-29(30)41-4)19-31(37)36(32(28)22-6-10-26(34)11-7-22)27-12-8-24(9-13-27)33(3,38)25-14-16-35(17-15-25)43(5,39)40/h6-13,18,20-21,25,32,38H,14-17,19H2,1-5H3. The molecular weight excluding hydrogens is 588 g/mol. The molecule has 1 saturated heterocycles. The monoisotopic (exact) mass is 626 g/mol. The molecule has 230 valence electrons. The van der Waals surface area contributed by atoms with Gasteiger partial charge in [0.25, 0.3) is 0 Å². The topological polar surface area (TPSA) is 96.4 Å². The van der Waals surface area contributed by atoms with Crippen LogP contribution in [0.2, 0.25) is 5.02 Å². The number of benzene rings is 3. The summed E-state index contributed by atoms with van der Waals surface area (Å²) in [4.78, 5) is 15.6. The Morgan fingerprint density at radius 2 is 1.63 bits per heavy atom. The summed E-state index contributed by atoms with van der Waals surface area (Å²) in [5, 5.41) is 12.2. The number of nitrogens with zero attached hydrogens (tertiary/aromatic N) is 2. The zero-order chi connectivity index (χ0) is 31.1. The van der Waals surface area contributed by atoms with Crippen molar-refractivity contribution >= 4 is 33.2 Å². The van der Waals surface area contributed by atoms with Crippen LogP contribution in [0, 0.1) is 5.92 Å². The maximum absolute atomic E-state index is 13.8. The molecule has 10 heteroatoms. The highest BCUT2D eigenvalue weighted by Crippen LogP contribution is 2.44. The van der Waals surface area contributed by atoms with Crippen molar-refractivity contribution in [3.05, 3.63) is 87.9 Å². The van der Waals surface area contributed by atoms with E-state index in [0.29, 0.717) is 48.1 Å². The van der Waals surface area contributed by atoms with Gasteiger partial charge in [-0.25, -0.2) is 12.7 Å². The summed E-state index contributed by atoms with van der Waals surface area (Å²) >= 11 is 6.24. The molecule has 5 rings (SSSR count). The lowest BCUT2D eigenvalue weighted by Crippen LogP contribution is -2.44. The van der Waals surface area contributed by atoms with Gasteiger partial charge in [-0.15, -0.1) is 0 Å². The van der Waals surface area contributed by atoms with Crippen LogP contribution in [0.4, 0.5) is 5.69 Å².